The molecule has 24 heavy (non-hydrogen) atoms. The van der Waals surface area contributed by atoms with Crippen LogP contribution in [0.25, 0.3) is 0 Å². The van der Waals surface area contributed by atoms with Crippen molar-refractivity contribution in [3.05, 3.63) is 58.8 Å². The lowest BCUT2D eigenvalue weighted by Crippen LogP contribution is -2.46. The average Bonchev–Trinajstić information content (AvgIpc) is 3.10. The predicted octanol–water partition coefficient (Wildman–Crippen LogP) is 3.31. The molecule has 0 bridgehead atoms. The Morgan fingerprint density at radius 1 is 1.33 bits per heavy atom. The van der Waals surface area contributed by atoms with Gasteiger partial charge in [-0.15, -0.1) is 11.3 Å². The van der Waals surface area contributed by atoms with E-state index in [0.717, 1.165) is 29.2 Å². The highest BCUT2D eigenvalue weighted by Gasteiger charge is 2.38. The molecule has 0 saturated carbocycles. The second-order valence-electron chi connectivity index (χ2n) is 6.14. The molecular formula is C19H24NO3S. The van der Waals surface area contributed by atoms with Crippen LogP contribution < -0.4 is 10.1 Å². The molecule has 0 amide bonds. The van der Waals surface area contributed by atoms with E-state index in [0.29, 0.717) is 19.4 Å². The van der Waals surface area contributed by atoms with Crippen LogP contribution in [0.4, 0.5) is 0 Å². The van der Waals surface area contributed by atoms with Crippen LogP contribution in [0, 0.1) is 6.61 Å². The highest BCUT2D eigenvalue weighted by Crippen LogP contribution is 2.41. The molecule has 0 aliphatic carbocycles. The van der Waals surface area contributed by atoms with Gasteiger partial charge in [0.1, 0.15) is 18.0 Å². The number of aliphatic hydroxyl groups is 1. The molecule has 2 atom stereocenters. The molecule has 0 spiro atoms. The number of thiophene rings is 1. The van der Waals surface area contributed by atoms with E-state index in [1.807, 2.05) is 41.8 Å². The van der Waals surface area contributed by atoms with Gasteiger partial charge in [0.2, 0.25) is 0 Å². The molecule has 1 aromatic carbocycles. The summed E-state index contributed by atoms with van der Waals surface area (Å²) in [5.41, 5.74) is 0.257. The first-order valence-corrected chi connectivity index (χ1v) is 9.17. The zero-order chi connectivity index (χ0) is 16.8. The van der Waals surface area contributed by atoms with Gasteiger partial charge in [0.15, 0.2) is 0 Å². The van der Waals surface area contributed by atoms with Gasteiger partial charge in [-0.1, -0.05) is 30.3 Å². The summed E-state index contributed by atoms with van der Waals surface area (Å²) in [6, 6.07) is 12.2. The van der Waals surface area contributed by atoms with Crippen molar-refractivity contribution in [3.8, 4) is 5.75 Å². The van der Waals surface area contributed by atoms with Gasteiger partial charge in [-0.2, -0.15) is 0 Å². The number of rotatable bonds is 7. The summed E-state index contributed by atoms with van der Waals surface area (Å²) in [7, 11) is 1.65. The van der Waals surface area contributed by atoms with Crippen LogP contribution >= 0.6 is 11.3 Å². The molecule has 4 nitrogen and oxygen atoms in total. The summed E-state index contributed by atoms with van der Waals surface area (Å²) in [5, 5.41) is 16.5. The van der Waals surface area contributed by atoms with Crippen molar-refractivity contribution in [2.45, 2.75) is 30.9 Å². The van der Waals surface area contributed by atoms with Gasteiger partial charge in [-0.25, -0.2) is 0 Å². The molecule has 2 heterocycles. The monoisotopic (exact) mass is 346 g/mol. The van der Waals surface area contributed by atoms with Gasteiger partial charge in [-0.3, -0.25) is 0 Å². The van der Waals surface area contributed by atoms with Crippen LogP contribution in [0.2, 0.25) is 0 Å². The summed E-state index contributed by atoms with van der Waals surface area (Å²) >= 11 is 1.57. The fraction of sp³-hybridized carbons (Fsp3) is 0.421. The minimum Gasteiger partial charge on any atom is -0.495 e. The lowest BCUT2D eigenvalue weighted by atomic mass is 9.85. The van der Waals surface area contributed by atoms with Gasteiger partial charge in [0.05, 0.1) is 12.0 Å². The maximum absolute atomic E-state index is 11.1. The summed E-state index contributed by atoms with van der Waals surface area (Å²) < 4.78 is 11.0. The van der Waals surface area contributed by atoms with E-state index < -0.39 is 5.60 Å². The van der Waals surface area contributed by atoms with Crippen LogP contribution in [-0.2, 0) is 10.3 Å². The number of hydrogen-bond donors (Lipinski definition) is 2. The van der Waals surface area contributed by atoms with Gasteiger partial charge in [0.25, 0.3) is 0 Å². The molecule has 5 heteroatoms. The third kappa shape index (κ3) is 4.16. The average molecular weight is 346 g/mol. The smallest absolute Gasteiger partial charge is 0.135 e. The third-order valence-electron chi connectivity index (χ3n) is 4.43. The van der Waals surface area contributed by atoms with Gasteiger partial charge in [-0.05, 0) is 42.8 Å². The van der Waals surface area contributed by atoms with E-state index in [4.69, 9.17) is 9.47 Å². The number of hydrogen-bond acceptors (Lipinski definition) is 5. The summed E-state index contributed by atoms with van der Waals surface area (Å²) in [6.07, 6.45) is 2.25. The molecule has 1 aliphatic heterocycles. The Labute approximate surface area is 147 Å². The Morgan fingerprint density at radius 2 is 2.17 bits per heavy atom. The molecule has 2 aromatic rings. The molecule has 2 N–H and O–H groups in total. The Morgan fingerprint density at radius 3 is 2.96 bits per heavy atom. The molecule has 1 radical (unpaired) electrons. The second-order valence-corrected chi connectivity index (χ2v) is 7.06. The van der Waals surface area contributed by atoms with Gasteiger partial charge in [0, 0.05) is 12.6 Å². The molecule has 1 saturated heterocycles. The SMILES string of the molecule is COc1ccsc1C1(O)CCNC(CCO[CH]c2ccccc2)C1. The topological polar surface area (TPSA) is 50.7 Å². The van der Waals surface area contributed by atoms with Crippen molar-refractivity contribution < 1.29 is 14.6 Å². The number of ether oxygens (including phenoxy) is 2. The fourth-order valence-electron chi connectivity index (χ4n) is 3.17. The van der Waals surface area contributed by atoms with Crippen molar-refractivity contribution in [2.24, 2.45) is 0 Å². The summed E-state index contributed by atoms with van der Waals surface area (Å²) in [6.45, 7) is 3.21. The zero-order valence-corrected chi connectivity index (χ0v) is 14.7. The lowest BCUT2D eigenvalue weighted by molar-refractivity contribution is -0.0110. The zero-order valence-electron chi connectivity index (χ0n) is 13.9. The van der Waals surface area contributed by atoms with E-state index in [-0.39, 0.29) is 6.04 Å². The predicted molar refractivity (Wildman–Crippen MR) is 96.2 cm³/mol. The maximum Gasteiger partial charge on any atom is 0.135 e. The van der Waals surface area contributed by atoms with Gasteiger partial charge >= 0.3 is 0 Å². The normalized spacial score (nSPS) is 24.0. The van der Waals surface area contributed by atoms with Crippen molar-refractivity contribution in [2.75, 3.05) is 20.3 Å². The van der Waals surface area contributed by atoms with Crippen LogP contribution in [0.5, 0.6) is 5.75 Å². The first-order valence-electron chi connectivity index (χ1n) is 8.29. The third-order valence-corrected chi connectivity index (χ3v) is 5.52. The Bertz CT molecular complexity index is 631. The first kappa shape index (κ1) is 17.4. The number of nitrogens with one attached hydrogen (secondary N) is 1. The van der Waals surface area contributed by atoms with Crippen LogP contribution in [-0.4, -0.2) is 31.4 Å². The first-order chi connectivity index (χ1) is 11.7. The number of benzene rings is 1. The largest absolute Gasteiger partial charge is 0.495 e. The standard InChI is InChI=1S/C19H24NO3S/c1-22-17-8-12-24-18(17)19(21)9-10-20-16(13-19)7-11-23-14-15-5-3-2-4-6-15/h2-6,8,12,14,16,20-21H,7,9-11,13H2,1H3. The highest BCUT2D eigenvalue weighted by atomic mass is 32.1. The molecule has 3 rings (SSSR count). The molecular weight excluding hydrogens is 322 g/mol. The van der Waals surface area contributed by atoms with E-state index in [9.17, 15) is 5.11 Å². The van der Waals surface area contributed by atoms with Crippen molar-refractivity contribution in [1.82, 2.24) is 5.32 Å². The molecule has 129 valence electrons. The van der Waals surface area contributed by atoms with Crippen LogP contribution in [0.3, 0.4) is 0 Å². The minimum absolute atomic E-state index is 0.236. The number of methoxy groups -OCH3 is 1. The summed E-state index contributed by atoms with van der Waals surface area (Å²) in [5.74, 6) is 0.789. The Kier molecular flexibility index (Phi) is 5.89. The van der Waals surface area contributed by atoms with Crippen molar-refractivity contribution in [1.29, 1.82) is 0 Å². The van der Waals surface area contributed by atoms with Crippen LogP contribution in [0.15, 0.2) is 41.8 Å². The summed E-state index contributed by atoms with van der Waals surface area (Å²) in [4.78, 5) is 0.938. The molecule has 1 aliphatic rings. The minimum atomic E-state index is -0.807. The van der Waals surface area contributed by atoms with E-state index in [2.05, 4.69) is 5.32 Å². The van der Waals surface area contributed by atoms with E-state index >= 15 is 0 Å². The Balaban J connectivity index is 1.50. The molecule has 1 aromatic heterocycles. The molecule has 2 unspecified atom stereocenters. The molecule has 1 fully saturated rings. The number of piperidine rings is 1. The van der Waals surface area contributed by atoms with Crippen molar-refractivity contribution in [3.63, 3.8) is 0 Å². The quantitative estimate of drug-likeness (QED) is 0.755. The van der Waals surface area contributed by atoms with Gasteiger partial charge < -0.3 is 19.9 Å². The maximum atomic E-state index is 11.1. The Hall–Kier alpha value is -1.40. The fourth-order valence-corrected chi connectivity index (χ4v) is 4.17. The van der Waals surface area contributed by atoms with Crippen LogP contribution in [0.1, 0.15) is 29.7 Å². The van der Waals surface area contributed by atoms with Crippen molar-refractivity contribution >= 4 is 11.3 Å². The van der Waals surface area contributed by atoms with E-state index in [1.54, 1.807) is 25.1 Å². The van der Waals surface area contributed by atoms with E-state index in [1.165, 1.54) is 0 Å². The lowest BCUT2D eigenvalue weighted by Gasteiger charge is -2.37. The second kappa shape index (κ2) is 8.12. The highest BCUT2D eigenvalue weighted by molar-refractivity contribution is 7.10.